The highest BCUT2D eigenvalue weighted by molar-refractivity contribution is 7.92. The van der Waals surface area contributed by atoms with E-state index < -0.39 is 16.0 Å². The highest BCUT2D eigenvalue weighted by atomic mass is 32.2. The fourth-order valence-corrected chi connectivity index (χ4v) is 3.12. The first-order valence-electron chi connectivity index (χ1n) is 5.96. The molecule has 3 N–H and O–H groups in total. The van der Waals surface area contributed by atoms with Crippen LogP contribution < -0.4 is 10.5 Å². The van der Waals surface area contributed by atoms with Crippen LogP contribution in [0.2, 0.25) is 0 Å². The van der Waals surface area contributed by atoms with Gasteiger partial charge in [0.1, 0.15) is 5.82 Å². The number of nitrogens with zero attached hydrogens (tertiary/aromatic N) is 1. The molecule has 1 heterocycles. The first-order valence-corrected chi connectivity index (χ1v) is 7.44. The molecule has 1 aromatic heterocycles. The van der Waals surface area contributed by atoms with E-state index in [0.717, 1.165) is 6.07 Å². The molecule has 0 spiro atoms. The van der Waals surface area contributed by atoms with Crippen molar-refractivity contribution < 1.29 is 12.8 Å². The van der Waals surface area contributed by atoms with Crippen molar-refractivity contribution in [2.75, 3.05) is 10.5 Å². The van der Waals surface area contributed by atoms with Crippen LogP contribution >= 0.6 is 0 Å². The monoisotopic (exact) mass is 295 g/mol. The summed E-state index contributed by atoms with van der Waals surface area (Å²) in [5.41, 5.74) is 6.60. The second-order valence-corrected chi connectivity index (χ2v) is 5.82. The second-order valence-electron chi connectivity index (χ2n) is 4.17. The molecule has 2 rings (SSSR count). The zero-order valence-corrected chi connectivity index (χ0v) is 11.6. The number of hydrogen-bond donors (Lipinski definition) is 2. The Morgan fingerprint density at radius 2 is 2.05 bits per heavy atom. The van der Waals surface area contributed by atoms with E-state index in [1.807, 2.05) is 6.92 Å². The van der Waals surface area contributed by atoms with E-state index in [4.69, 9.17) is 5.73 Å². The van der Waals surface area contributed by atoms with Crippen LogP contribution in [0.3, 0.4) is 0 Å². The SMILES string of the molecule is CCc1ccc(N)cc1S(=O)(=O)Nc1cccc(F)n1. The van der Waals surface area contributed by atoms with Crippen LogP contribution in [0, 0.1) is 5.95 Å². The Hall–Kier alpha value is -2.15. The van der Waals surface area contributed by atoms with E-state index in [0.29, 0.717) is 17.7 Å². The number of aromatic nitrogens is 1. The molecule has 0 saturated heterocycles. The lowest BCUT2D eigenvalue weighted by Gasteiger charge is -2.11. The molecule has 2 aromatic rings. The molecule has 0 aliphatic carbocycles. The van der Waals surface area contributed by atoms with Crippen LogP contribution in [0.4, 0.5) is 15.9 Å². The maximum absolute atomic E-state index is 13.0. The molecule has 0 radical (unpaired) electrons. The van der Waals surface area contributed by atoms with Gasteiger partial charge in [0.15, 0.2) is 0 Å². The number of benzene rings is 1. The molecule has 0 fully saturated rings. The molecule has 0 saturated carbocycles. The molecule has 20 heavy (non-hydrogen) atoms. The fraction of sp³-hybridized carbons (Fsp3) is 0.154. The van der Waals surface area contributed by atoms with Crippen LogP contribution in [0.1, 0.15) is 12.5 Å². The van der Waals surface area contributed by atoms with Gasteiger partial charge in [-0.05, 0) is 36.2 Å². The minimum atomic E-state index is -3.85. The van der Waals surface area contributed by atoms with Crippen LogP contribution in [-0.2, 0) is 16.4 Å². The van der Waals surface area contributed by atoms with Gasteiger partial charge < -0.3 is 5.73 Å². The normalized spacial score (nSPS) is 11.3. The molecule has 0 bridgehead atoms. The van der Waals surface area contributed by atoms with Crippen molar-refractivity contribution in [3.63, 3.8) is 0 Å². The predicted octanol–water partition coefficient (Wildman–Crippen LogP) is 2.17. The lowest BCUT2D eigenvalue weighted by Crippen LogP contribution is -2.16. The summed E-state index contributed by atoms with van der Waals surface area (Å²) in [6.07, 6.45) is 0.535. The summed E-state index contributed by atoms with van der Waals surface area (Å²) < 4.78 is 39.9. The average Bonchev–Trinajstić information content (AvgIpc) is 2.38. The number of rotatable bonds is 4. The lowest BCUT2D eigenvalue weighted by atomic mass is 10.1. The number of pyridine rings is 1. The number of anilines is 2. The minimum Gasteiger partial charge on any atom is -0.399 e. The zero-order chi connectivity index (χ0) is 14.8. The highest BCUT2D eigenvalue weighted by Crippen LogP contribution is 2.22. The molecule has 0 aliphatic heterocycles. The van der Waals surface area contributed by atoms with Gasteiger partial charge in [-0.1, -0.05) is 19.1 Å². The van der Waals surface area contributed by atoms with Crippen molar-refractivity contribution in [1.29, 1.82) is 0 Å². The van der Waals surface area contributed by atoms with Crippen molar-refractivity contribution in [3.8, 4) is 0 Å². The molecule has 0 unspecified atom stereocenters. The fourth-order valence-electron chi connectivity index (χ4n) is 1.77. The standard InChI is InChI=1S/C13H14FN3O2S/c1-2-9-6-7-10(15)8-11(9)20(18,19)17-13-5-3-4-12(14)16-13/h3-8H,2,15H2,1H3,(H,16,17). The van der Waals surface area contributed by atoms with Gasteiger partial charge in [0.2, 0.25) is 5.95 Å². The Labute approximate surface area is 116 Å². The number of hydrogen-bond acceptors (Lipinski definition) is 4. The first kappa shape index (κ1) is 14.3. The Morgan fingerprint density at radius 3 is 2.70 bits per heavy atom. The van der Waals surface area contributed by atoms with Crippen LogP contribution in [0.5, 0.6) is 0 Å². The third kappa shape index (κ3) is 3.05. The summed E-state index contributed by atoms with van der Waals surface area (Å²) >= 11 is 0. The molecule has 0 atom stereocenters. The van der Waals surface area contributed by atoms with Crippen molar-refractivity contribution in [2.24, 2.45) is 0 Å². The van der Waals surface area contributed by atoms with Gasteiger partial charge in [-0.15, -0.1) is 0 Å². The van der Waals surface area contributed by atoms with E-state index in [1.54, 1.807) is 12.1 Å². The Morgan fingerprint density at radius 1 is 1.30 bits per heavy atom. The van der Waals surface area contributed by atoms with Gasteiger partial charge in [-0.2, -0.15) is 4.39 Å². The van der Waals surface area contributed by atoms with Crippen LogP contribution in [0.15, 0.2) is 41.3 Å². The van der Waals surface area contributed by atoms with Gasteiger partial charge in [-0.3, -0.25) is 4.72 Å². The van der Waals surface area contributed by atoms with Crippen molar-refractivity contribution in [2.45, 2.75) is 18.2 Å². The summed E-state index contributed by atoms with van der Waals surface area (Å²) in [4.78, 5) is 3.55. The number of aryl methyl sites for hydroxylation is 1. The molecule has 7 heteroatoms. The minimum absolute atomic E-state index is 0.0746. The van der Waals surface area contributed by atoms with Gasteiger partial charge in [-0.25, -0.2) is 13.4 Å². The Kier molecular flexibility index (Phi) is 3.89. The lowest BCUT2D eigenvalue weighted by molar-refractivity contribution is 0.584. The van der Waals surface area contributed by atoms with Crippen molar-refractivity contribution >= 4 is 21.5 Å². The third-order valence-electron chi connectivity index (χ3n) is 2.72. The predicted molar refractivity (Wildman–Crippen MR) is 75.2 cm³/mol. The van der Waals surface area contributed by atoms with E-state index in [2.05, 4.69) is 9.71 Å². The Balaban J connectivity index is 2.43. The van der Waals surface area contributed by atoms with Gasteiger partial charge in [0, 0.05) is 5.69 Å². The van der Waals surface area contributed by atoms with E-state index >= 15 is 0 Å². The molecule has 0 aliphatic rings. The number of nitrogens with one attached hydrogen (secondary N) is 1. The van der Waals surface area contributed by atoms with Gasteiger partial charge >= 0.3 is 0 Å². The van der Waals surface area contributed by atoms with E-state index in [1.165, 1.54) is 18.2 Å². The largest absolute Gasteiger partial charge is 0.399 e. The van der Waals surface area contributed by atoms with Crippen molar-refractivity contribution in [1.82, 2.24) is 4.98 Å². The average molecular weight is 295 g/mol. The number of sulfonamides is 1. The second kappa shape index (κ2) is 5.46. The third-order valence-corrected chi connectivity index (χ3v) is 4.15. The molecule has 1 aromatic carbocycles. The quantitative estimate of drug-likeness (QED) is 0.668. The molecular formula is C13H14FN3O2S. The van der Waals surface area contributed by atoms with Gasteiger partial charge in [0.25, 0.3) is 10.0 Å². The number of halogens is 1. The van der Waals surface area contributed by atoms with E-state index in [-0.39, 0.29) is 10.7 Å². The number of nitrogens with two attached hydrogens (primary N) is 1. The zero-order valence-electron chi connectivity index (χ0n) is 10.8. The summed E-state index contributed by atoms with van der Waals surface area (Å²) in [5.74, 6) is -0.831. The summed E-state index contributed by atoms with van der Waals surface area (Å²) in [7, 11) is -3.85. The van der Waals surface area contributed by atoms with Gasteiger partial charge in [0.05, 0.1) is 4.90 Å². The maximum Gasteiger partial charge on any atom is 0.263 e. The van der Waals surface area contributed by atoms with E-state index in [9.17, 15) is 12.8 Å². The Bertz CT molecular complexity index is 732. The first-order chi connectivity index (χ1) is 9.42. The molecule has 106 valence electrons. The topological polar surface area (TPSA) is 85.1 Å². The summed E-state index contributed by atoms with van der Waals surface area (Å²) in [5, 5.41) is 0. The highest BCUT2D eigenvalue weighted by Gasteiger charge is 2.19. The molecule has 0 amide bonds. The maximum atomic E-state index is 13.0. The summed E-state index contributed by atoms with van der Waals surface area (Å²) in [6.45, 7) is 1.84. The molecular weight excluding hydrogens is 281 g/mol. The van der Waals surface area contributed by atoms with Crippen LogP contribution in [-0.4, -0.2) is 13.4 Å². The number of nitrogen functional groups attached to an aromatic ring is 1. The van der Waals surface area contributed by atoms with Crippen LogP contribution in [0.25, 0.3) is 0 Å². The molecule has 5 nitrogen and oxygen atoms in total. The smallest absolute Gasteiger partial charge is 0.263 e. The summed E-state index contributed by atoms with van der Waals surface area (Å²) in [6, 6.07) is 8.55. The van der Waals surface area contributed by atoms with Crippen molar-refractivity contribution in [3.05, 3.63) is 47.9 Å².